The fraction of sp³-hybridized carbons (Fsp3) is 0.385. The van der Waals surface area contributed by atoms with Crippen LogP contribution < -0.4 is 4.90 Å². The van der Waals surface area contributed by atoms with Crippen LogP contribution >= 0.6 is 11.8 Å². The van der Waals surface area contributed by atoms with Gasteiger partial charge in [-0.1, -0.05) is 6.92 Å². The molecule has 1 N–H and O–H groups in total. The van der Waals surface area contributed by atoms with Crippen LogP contribution in [0.5, 0.6) is 0 Å². The molecule has 1 aromatic rings. The van der Waals surface area contributed by atoms with Crippen LogP contribution in [0.15, 0.2) is 23.1 Å². The van der Waals surface area contributed by atoms with E-state index in [1.807, 2.05) is 19.1 Å². The molecule has 96 valence electrons. The number of rotatable bonds is 4. The molecule has 1 unspecified atom stereocenters. The molecule has 0 radical (unpaired) electrons. The normalized spacial score (nSPS) is 16.1. The van der Waals surface area contributed by atoms with Gasteiger partial charge in [0.05, 0.1) is 11.3 Å². The number of benzene rings is 1. The lowest BCUT2D eigenvalue weighted by atomic mass is 10.1. The quantitative estimate of drug-likeness (QED) is 0.665. The van der Waals surface area contributed by atoms with E-state index >= 15 is 0 Å². The molecule has 1 amide bonds. The molecule has 5 heteroatoms. The summed E-state index contributed by atoms with van der Waals surface area (Å²) in [7, 11) is 1.61. The predicted octanol–water partition coefficient (Wildman–Crippen LogP) is 1.71. The van der Waals surface area contributed by atoms with Gasteiger partial charge in [0, 0.05) is 23.8 Å². The van der Waals surface area contributed by atoms with Gasteiger partial charge in [-0.15, -0.1) is 11.8 Å². The fourth-order valence-corrected chi connectivity index (χ4v) is 2.92. The fourth-order valence-electron chi connectivity index (χ4n) is 1.90. The van der Waals surface area contributed by atoms with Crippen molar-refractivity contribution in [2.24, 2.45) is 0 Å². The van der Waals surface area contributed by atoms with Gasteiger partial charge < -0.3 is 10.0 Å². The second-order valence-electron chi connectivity index (χ2n) is 4.31. The molecule has 2 rings (SSSR count). The van der Waals surface area contributed by atoms with E-state index in [1.165, 1.54) is 4.90 Å². The lowest BCUT2D eigenvalue weighted by Gasteiger charge is -2.12. The smallest absolute Gasteiger partial charge is 0.299 e. The first-order valence-electron chi connectivity index (χ1n) is 5.78. The number of Topliss-reactive ketones (excluding diaryl/α,β-unsaturated/α-hetero) is 1. The zero-order chi connectivity index (χ0) is 13.3. The Kier molecular flexibility index (Phi) is 3.73. The van der Waals surface area contributed by atoms with E-state index < -0.39 is 11.7 Å². The Morgan fingerprint density at radius 3 is 2.78 bits per heavy atom. The van der Waals surface area contributed by atoms with Gasteiger partial charge >= 0.3 is 0 Å². The molecule has 0 bridgehead atoms. The van der Waals surface area contributed by atoms with Gasteiger partial charge in [-0.05, 0) is 24.6 Å². The van der Waals surface area contributed by atoms with Crippen molar-refractivity contribution in [3.63, 3.8) is 0 Å². The first-order chi connectivity index (χ1) is 8.54. The van der Waals surface area contributed by atoms with Crippen LogP contribution in [0.2, 0.25) is 0 Å². The number of aliphatic hydroxyl groups is 1. The van der Waals surface area contributed by atoms with E-state index in [0.717, 1.165) is 11.3 Å². The largest absolute Gasteiger partial charge is 0.396 e. The Bertz CT molecular complexity index is 501. The number of ketones is 1. The number of nitrogens with zero attached hydrogens (tertiary/aromatic N) is 1. The molecule has 1 atom stereocenters. The van der Waals surface area contributed by atoms with Crippen LogP contribution in [0.3, 0.4) is 0 Å². The SMILES string of the molecule is CC(CCO)Sc1ccc2c(c1)N(C)C(=O)C2=O. The first kappa shape index (κ1) is 13.1. The second-order valence-corrected chi connectivity index (χ2v) is 5.82. The number of carbonyl (C=O) groups is 2. The molecular formula is C13H15NO3S. The highest BCUT2D eigenvalue weighted by Gasteiger charge is 2.33. The molecule has 4 nitrogen and oxygen atoms in total. The maximum absolute atomic E-state index is 11.6. The topological polar surface area (TPSA) is 57.6 Å². The summed E-state index contributed by atoms with van der Waals surface area (Å²) in [5.41, 5.74) is 1.15. The van der Waals surface area contributed by atoms with E-state index in [4.69, 9.17) is 5.11 Å². The number of likely N-dealkylation sites (N-methyl/N-ethyl adjacent to an activating group) is 1. The molecular weight excluding hydrogens is 250 g/mol. The Hall–Kier alpha value is -1.33. The highest BCUT2D eigenvalue weighted by molar-refractivity contribution is 7.99. The van der Waals surface area contributed by atoms with Crippen LogP contribution in [0.1, 0.15) is 23.7 Å². The van der Waals surface area contributed by atoms with Gasteiger partial charge in [0.1, 0.15) is 0 Å². The third-order valence-electron chi connectivity index (χ3n) is 2.95. The highest BCUT2D eigenvalue weighted by Crippen LogP contribution is 2.34. The van der Waals surface area contributed by atoms with Gasteiger partial charge in [0.2, 0.25) is 0 Å². The molecule has 0 saturated heterocycles. The number of aliphatic hydroxyl groups excluding tert-OH is 1. The number of anilines is 1. The molecule has 1 aromatic carbocycles. The van der Waals surface area contributed by atoms with Crippen molar-refractivity contribution in [2.75, 3.05) is 18.6 Å². The van der Waals surface area contributed by atoms with Crippen LogP contribution in [-0.2, 0) is 4.79 Å². The molecule has 0 aliphatic carbocycles. The molecule has 0 aromatic heterocycles. The van der Waals surface area contributed by atoms with Gasteiger partial charge in [-0.3, -0.25) is 9.59 Å². The van der Waals surface area contributed by atoms with E-state index in [2.05, 4.69) is 0 Å². The highest BCUT2D eigenvalue weighted by atomic mass is 32.2. The monoisotopic (exact) mass is 265 g/mol. The summed E-state index contributed by atoms with van der Waals surface area (Å²) >= 11 is 1.63. The van der Waals surface area contributed by atoms with Crippen molar-refractivity contribution < 1.29 is 14.7 Å². The minimum atomic E-state index is -0.476. The second kappa shape index (κ2) is 5.12. The minimum Gasteiger partial charge on any atom is -0.396 e. The van der Waals surface area contributed by atoms with Crippen molar-refractivity contribution in [1.82, 2.24) is 0 Å². The molecule has 1 heterocycles. The van der Waals surface area contributed by atoms with E-state index in [9.17, 15) is 9.59 Å². The van der Waals surface area contributed by atoms with Crippen LogP contribution in [0, 0.1) is 0 Å². The van der Waals surface area contributed by atoms with Crippen molar-refractivity contribution in [3.05, 3.63) is 23.8 Å². The van der Waals surface area contributed by atoms with Crippen molar-refractivity contribution in [2.45, 2.75) is 23.5 Å². The molecule has 18 heavy (non-hydrogen) atoms. The number of hydrogen-bond acceptors (Lipinski definition) is 4. The van der Waals surface area contributed by atoms with Crippen LogP contribution in [0.4, 0.5) is 5.69 Å². The van der Waals surface area contributed by atoms with Gasteiger partial charge in [0.25, 0.3) is 11.7 Å². The number of fused-ring (bicyclic) bond motifs is 1. The lowest BCUT2D eigenvalue weighted by molar-refractivity contribution is -0.114. The molecule has 0 saturated carbocycles. The van der Waals surface area contributed by atoms with Crippen LogP contribution in [0.25, 0.3) is 0 Å². The van der Waals surface area contributed by atoms with E-state index in [0.29, 0.717) is 16.5 Å². The zero-order valence-electron chi connectivity index (χ0n) is 10.3. The molecule has 0 spiro atoms. The Morgan fingerprint density at radius 1 is 1.39 bits per heavy atom. The summed E-state index contributed by atoms with van der Waals surface area (Å²) < 4.78 is 0. The lowest BCUT2D eigenvalue weighted by Crippen LogP contribution is -2.24. The average molecular weight is 265 g/mol. The summed E-state index contributed by atoms with van der Waals surface area (Å²) in [6.07, 6.45) is 0.718. The Balaban J connectivity index is 2.24. The third-order valence-corrected chi connectivity index (χ3v) is 4.11. The van der Waals surface area contributed by atoms with E-state index in [1.54, 1.807) is 24.9 Å². The number of amides is 1. The summed E-state index contributed by atoms with van der Waals surface area (Å²) in [6, 6.07) is 5.41. The average Bonchev–Trinajstić information content (AvgIpc) is 2.55. The number of hydrogen-bond donors (Lipinski definition) is 1. The zero-order valence-corrected chi connectivity index (χ0v) is 11.2. The van der Waals surface area contributed by atoms with Crippen LogP contribution in [-0.4, -0.2) is 35.7 Å². The maximum Gasteiger partial charge on any atom is 0.299 e. The standard InChI is InChI=1S/C13H15NO3S/c1-8(5-6-15)18-9-3-4-10-11(7-9)14(2)13(17)12(10)16/h3-4,7-8,15H,5-6H2,1-2H3. The molecule has 1 aliphatic rings. The first-order valence-corrected chi connectivity index (χ1v) is 6.66. The summed E-state index contributed by atoms with van der Waals surface area (Å²) in [5.74, 6) is -0.914. The van der Waals surface area contributed by atoms with Gasteiger partial charge in [0.15, 0.2) is 0 Å². The van der Waals surface area contributed by atoms with Crippen molar-refractivity contribution in [3.8, 4) is 0 Å². The number of carbonyl (C=O) groups excluding carboxylic acids is 2. The van der Waals surface area contributed by atoms with Crippen molar-refractivity contribution in [1.29, 1.82) is 0 Å². The Morgan fingerprint density at radius 2 is 2.11 bits per heavy atom. The van der Waals surface area contributed by atoms with Crippen molar-refractivity contribution >= 4 is 29.1 Å². The molecule has 1 aliphatic heterocycles. The predicted molar refractivity (Wildman–Crippen MR) is 71.2 cm³/mol. The summed E-state index contributed by atoms with van der Waals surface area (Å²) in [6.45, 7) is 2.20. The third kappa shape index (κ3) is 2.28. The van der Waals surface area contributed by atoms with E-state index in [-0.39, 0.29) is 6.61 Å². The Labute approximate surface area is 110 Å². The minimum absolute atomic E-state index is 0.163. The summed E-state index contributed by atoms with van der Waals surface area (Å²) in [5, 5.41) is 9.17. The summed E-state index contributed by atoms with van der Waals surface area (Å²) in [4.78, 5) is 25.5. The number of thioether (sulfide) groups is 1. The van der Waals surface area contributed by atoms with Gasteiger partial charge in [-0.2, -0.15) is 0 Å². The van der Waals surface area contributed by atoms with Gasteiger partial charge in [-0.25, -0.2) is 0 Å². The molecule has 0 fully saturated rings. The maximum atomic E-state index is 11.6.